The Morgan fingerprint density at radius 3 is 2.74 bits per heavy atom. The van der Waals surface area contributed by atoms with Gasteiger partial charge in [0.05, 0.1) is 38.7 Å². The number of aryl methyl sites for hydroxylation is 1. The van der Waals surface area contributed by atoms with E-state index in [4.69, 9.17) is 19.6 Å². The second-order valence-corrected chi connectivity index (χ2v) is 9.22. The highest BCUT2D eigenvalue weighted by Gasteiger charge is 2.23. The molecule has 1 saturated heterocycles. The zero-order chi connectivity index (χ0) is 27.4. The van der Waals surface area contributed by atoms with E-state index in [1.807, 2.05) is 66.4 Å². The van der Waals surface area contributed by atoms with Crippen LogP contribution in [0.5, 0.6) is 11.5 Å². The number of nitrogens with zero attached hydrogens (tertiary/aromatic N) is 9. The van der Waals surface area contributed by atoms with E-state index in [0.29, 0.717) is 53.7 Å². The van der Waals surface area contributed by atoms with Crippen molar-refractivity contribution in [1.82, 2.24) is 34.8 Å². The number of ether oxygens (including phenoxy) is 2. The summed E-state index contributed by atoms with van der Waals surface area (Å²) >= 11 is 0. The second-order valence-electron chi connectivity index (χ2n) is 9.22. The Morgan fingerprint density at radius 2 is 2.08 bits per heavy atom. The molecule has 1 aromatic carbocycles. The van der Waals surface area contributed by atoms with Crippen molar-refractivity contribution in [2.45, 2.75) is 25.9 Å². The van der Waals surface area contributed by atoms with Crippen LogP contribution in [0.1, 0.15) is 23.0 Å². The minimum Gasteiger partial charge on any atom is -0.497 e. The minimum atomic E-state index is 0.317. The summed E-state index contributed by atoms with van der Waals surface area (Å²) in [5, 5.41) is 12.2. The molecule has 3 aromatic heterocycles. The first-order valence-electron chi connectivity index (χ1n) is 12.6. The number of benzene rings is 1. The maximum Gasteiger partial charge on any atom is 0.179 e. The molecule has 5 rings (SSSR count). The molecule has 0 amide bonds. The fourth-order valence-corrected chi connectivity index (χ4v) is 4.33. The predicted molar refractivity (Wildman–Crippen MR) is 151 cm³/mol. The van der Waals surface area contributed by atoms with Crippen molar-refractivity contribution in [3.8, 4) is 11.5 Å². The van der Waals surface area contributed by atoms with Gasteiger partial charge in [-0.2, -0.15) is 10.2 Å². The SMILES string of the molecule is C=Nc1nc(N(Cc2ncn(C3CNC3)n2)c2cc(OC)cc(OC)c2C)ccc1/N=C\Cc1cnn(C)c1. The second kappa shape index (κ2) is 11.4. The van der Waals surface area contributed by atoms with Crippen LogP contribution >= 0.6 is 0 Å². The minimum absolute atomic E-state index is 0.317. The number of rotatable bonds is 11. The average Bonchev–Trinajstić information content (AvgIpc) is 3.55. The number of aliphatic imine (C=N–C) groups is 2. The number of hydrogen-bond acceptors (Lipinski definition) is 10. The maximum atomic E-state index is 5.65. The summed E-state index contributed by atoms with van der Waals surface area (Å²) in [4.78, 5) is 20.2. The van der Waals surface area contributed by atoms with Gasteiger partial charge in [-0.05, 0) is 31.3 Å². The van der Waals surface area contributed by atoms with Crippen molar-refractivity contribution in [2.75, 3.05) is 32.2 Å². The van der Waals surface area contributed by atoms with Crippen molar-refractivity contribution >= 4 is 35.9 Å². The first-order valence-corrected chi connectivity index (χ1v) is 12.6. The molecule has 0 bridgehead atoms. The Kier molecular flexibility index (Phi) is 7.64. The quantitative estimate of drug-likeness (QED) is 0.294. The lowest BCUT2D eigenvalue weighted by molar-refractivity contribution is 0.316. The first-order chi connectivity index (χ1) is 19.0. The van der Waals surface area contributed by atoms with Crippen molar-refractivity contribution < 1.29 is 9.47 Å². The lowest BCUT2D eigenvalue weighted by Crippen LogP contribution is -2.43. The van der Waals surface area contributed by atoms with E-state index in [0.717, 1.165) is 29.9 Å². The predicted octanol–water partition coefficient (Wildman–Crippen LogP) is 3.49. The summed E-state index contributed by atoms with van der Waals surface area (Å²) in [7, 11) is 5.16. The number of anilines is 2. The van der Waals surface area contributed by atoms with E-state index in [1.54, 1.807) is 25.2 Å². The van der Waals surface area contributed by atoms with Crippen LogP contribution in [0.2, 0.25) is 0 Å². The standard InChI is InChI=1S/C27H32N10O2/c1-18-23(10-21(38-4)11-24(18)39-5)36(16-25-31-17-37(34-25)20-13-29-14-20)26-7-6-22(27(28-2)33-26)30-9-8-19-12-32-35(3)15-19/h6-7,9-12,15,17,20,29H,2,8,13-14,16H2,1,3-5H3/b30-9-. The van der Waals surface area contributed by atoms with Crippen LogP contribution in [0.3, 0.4) is 0 Å². The largest absolute Gasteiger partial charge is 0.497 e. The van der Waals surface area contributed by atoms with E-state index in [2.05, 4.69) is 32.1 Å². The molecule has 1 aliphatic heterocycles. The molecule has 0 aliphatic carbocycles. The smallest absolute Gasteiger partial charge is 0.179 e. The molecule has 39 heavy (non-hydrogen) atoms. The zero-order valence-corrected chi connectivity index (χ0v) is 22.6. The van der Waals surface area contributed by atoms with E-state index in [9.17, 15) is 0 Å². The number of nitrogens with one attached hydrogen (secondary N) is 1. The zero-order valence-electron chi connectivity index (χ0n) is 22.6. The molecule has 12 nitrogen and oxygen atoms in total. The summed E-state index contributed by atoms with van der Waals surface area (Å²) in [5.41, 5.74) is 3.47. The molecule has 12 heteroatoms. The van der Waals surface area contributed by atoms with Gasteiger partial charge in [0, 0.05) is 56.7 Å². The van der Waals surface area contributed by atoms with Crippen LogP contribution in [0, 0.1) is 6.92 Å². The molecule has 1 aliphatic rings. The number of pyridine rings is 1. The lowest BCUT2D eigenvalue weighted by atomic mass is 10.1. The molecule has 1 N–H and O–H groups in total. The van der Waals surface area contributed by atoms with Crippen molar-refractivity contribution in [3.05, 3.63) is 59.9 Å². The van der Waals surface area contributed by atoms with Crippen molar-refractivity contribution in [3.63, 3.8) is 0 Å². The van der Waals surface area contributed by atoms with E-state index in [1.165, 1.54) is 0 Å². The summed E-state index contributed by atoms with van der Waals surface area (Å²) < 4.78 is 14.9. The van der Waals surface area contributed by atoms with Crippen LogP contribution in [-0.4, -0.2) is 69.8 Å². The fourth-order valence-electron chi connectivity index (χ4n) is 4.33. The van der Waals surface area contributed by atoms with Gasteiger partial charge in [-0.1, -0.05) is 0 Å². The summed E-state index contributed by atoms with van der Waals surface area (Å²) in [6.45, 7) is 7.88. The Balaban J connectivity index is 1.50. The maximum absolute atomic E-state index is 5.65. The van der Waals surface area contributed by atoms with Gasteiger partial charge in [-0.15, -0.1) is 0 Å². The third-order valence-corrected chi connectivity index (χ3v) is 6.62. The Bertz CT molecular complexity index is 1490. The van der Waals surface area contributed by atoms with E-state index >= 15 is 0 Å². The normalized spacial score (nSPS) is 13.4. The molecule has 0 atom stereocenters. The monoisotopic (exact) mass is 528 g/mol. The van der Waals surface area contributed by atoms with Crippen molar-refractivity contribution in [1.29, 1.82) is 0 Å². The first kappa shape index (κ1) is 26.0. The van der Waals surface area contributed by atoms with Gasteiger partial charge < -0.3 is 19.7 Å². The lowest BCUT2D eigenvalue weighted by Gasteiger charge is -2.27. The number of hydrogen-bond donors (Lipinski definition) is 1. The van der Waals surface area contributed by atoms with Crippen LogP contribution < -0.4 is 19.7 Å². The molecule has 0 radical (unpaired) electrons. The molecule has 202 valence electrons. The van der Waals surface area contributed by atoms with Crippen LogP contribution in [0.25, 0.3) is 0 Å². The van der Waals surface area contributed by atoms with Gasteiger partial charge in [-0.25, -0.2) is 19.6 Å². The van der Waals surface area contributed by atoms with E-state index in [-0.39, 0.29) is 0 Å². The van der Waals surface area contributed by atoms with Crippen LogP contribution in [0.4, 0.5) is 23.0 Å². The summed E-state index contributed by atoms with van der Waals surface area (Å²) in [6.07, 6.45) is 8.02. The Labute approximate surface area is 227 Å². The summed E-state index contributed by atoms with van der Waals surface area (Å²) in [5.74, 6) is 3.09. The topological polar surface area (TPSA) is 120 Å². The average molecular weight is 529 g/mol. The molecule has 0 unspecified atom stereocenters. The van der Waals surface area contributed by atoms with Gasteiger partial charge in [-0.3, -0.25) is 9.67 Å². The molecule has 1 fully saturated rings. The molecule has 0 spiro atoms. The van der Waals surface area contributed by atoms with E-state index < -0.39 is 0 Å². The third-order valence-electron chi connectivity index (χ3n) is 6.62. The fraction of sp³-hybridized carbons (Fsp3) is 0.333. The highest BCUT2D eigenvalue weighted by molar-refractivity contribution is 5.75. The molecule has 4 heterocycles. The van der Waals surface area contributed by atoms with Gasteiger partial charge in [0.15, 0.2) is 11.6 Å². The Hall–Kier alpha value is -4.58. The van der Waals surface area contributed by atoms with Crippen LogP contribution in [-0.2, 0) is 20.0 Å². The van der Waals surface area contributed by atoms with Gasteiger partial charge >= 0.3 is 0 Å². The van der Waals surface area contributed by atoms with Crippen molar-refractivity contribution in [2.24, 2.45) is 17.0 Å². The number of methoxy groups -OCH3 is 2. The van der Waals surface area contributed by atoms with Gasteiger partial charge in [0.1, 0.15) is 29.3 Å². The molecular formula is C27H32N10O2. The highest BCUT2D eigenvalue weighted by atomic mass is 16.5. The van der Waals surface area contributed by atoms with Gasteiger partial charge in [0.2, 0.25) is 0 Å². The number of aromatic nitrogens is 6. The Morgan fingerprint density at radius 1 is 1.23 bits per heavy atom. The third kappa shape index (κ3) is 5.65. The highest BCUT2D eigenvalue weighted by Crippen LogP contribution is 2.39. The molecule has 4 aromatic rings. The summed E-state index contributed by atoms with van der Waals surface area (Å²) in [6, 6.07) is 7.92. The molecular weight excluding hydrogens is 496 g/mol. The van der Waals surface area contributed by atoms with Crippen LogP contribution in [0.15, 0.2) is 53.0 Å². The molecule has 0 saturated carbocycles. The van der Waals surface area contributed by atoms with Gasteiger partial charge in [0.25, 0.3) is 0 Å².